The number of hydrogen-bond donors (Lipinski definition) is 0. The van der Waals surface area contributed by atoms with Crippen LogP contribution in [0, 0.1) is 5.82 Å². The Morgan fingerprint density at radius 1 is 1.24 bits per heavy atom. The normalized spacial score (nSPS) is 10.7. The molecule has 1 aromatic carbocycles. The highest BCUT2D eigenvalue weighted by Crippen LogP contribution is 2.06. The second kappa shape index (κ2) is 6.35. The van der Waals surface area contributed by atoms with E-state index >= 15 is 0 Å². The number of esters is 1. The van der Waals surface area contributed by atoms with Gasteiger partial charge in [0.25, 0.3) is 5.56 Å². The largest absolute Gasteiger partial charge is 0.459 e. The molecule has 1 aromatic heterocycles. The minimum atomic E-state index is -0.518. The van der Waals surface area contributed by atoms with Gasteiger partial charge in [0.05, 0.1) is 18.2 Å². The standard InChI is InChI=1S/C16H16FNO3/c1-11(2)21-16(20)13-7-8-18(15(19)9-13)10-12-3-5-14(17)6-4-12/h3-9,11H,10H2,1-2H3. The lowest BCUT2D eigenvalue weighted by molar-refractivity contribution is 0.0377. The number of carbonyl (C=O) groups excluding carboxylic acids is 1. The summed E-state index contributed by atoms with van der Waals surface area (Å²) in [6.07, 6.45) is 1.29. The summed E-state index contributed by atoms with van der Waals surface area (Å²) < 4.78 is 19.3. The maximum absolute atomic E-state index is 12.8. The van der Waals surface area contributed by atoms with Crippen LogP contribution in [0.4, 0.5) is 4.39 Å². The van der Waals surface area contributed by atoms with Crippen molar-refractivity contribution < 1.29 is 13.9 Å². The molecule has 0 aliphatic rings. The van der Waals surface area contributed by atoms with Crippen molar-refractivity contribution in [2.75, 3.05) is 0 Å². The van der Waals surface area contributed by atoms with Gasteiger partial charge in [-0.15, -0.1) is 0 Å². The first-order chi connectivity index (χ1) is 9.95. The van der Waals surface area contributed by atoms with Crippen LogP contribution < -0.4 is 5.56 Å². The Bertz CT molecular complexity index is 689. The Balaban J connectivity index is 2.18. The molecule has 0 spiro atoms. The molecule has 0 aliphatic heterocycles. The Hall–Kier alpha value is -2.43. The van der Waals surface area contributed by atoms with Gasteiger partial charge in [-0.2, -0.15) is 0 Å². The molecule has 0 atom stereocenters. The van der Waals surface area contributed by atoms with Crippen molar-refractivity contribution in [2.24, 2.45) is 0 Å². The number of rotatable bonds is 4. The van der Waals surface area contributed by atoms with Gasteiger partial charge in [0.2, 0.25) is 0 Å². The zero-order valence-corrected chi connectivity index (χ0v) is 11.9. The third kappa shape index (κ3) is 4.02. The Morgan fingerprint density at radius 3 is 2.48 bits per heavy atom. The van der Waals surface area contributed by atoms with Crippen LogP contribution in [-0.4, -0.2) is 16.6 Å². The van der Waals surface area contributed by atoms with Crippen molar-refractivity contribution in [2.45, 2.75) is 26.5 Å². The third-order valence-corrected chi connectivity index (χ3v) is 2.84. The molecule has 0 bridgehead atoms. The van der Waals surface area contributed by atoms with Crippen LogP contribution in [-0.2, 0) is 11.3 Å². The molecular weight excluding hydrogens is 273 g/mol. The van der Waals surface area contributed by atoms with E-state index in [0.29, 0.717) is 6.54 Å². The molecule has 2 rings (SSSR count). The number of halogens is 1. The van der Waals surface area contributed by atoms with Crippen LogP contribution in [0.5, 0.6) is 0 Å². The Kier molecular flexibility index (Phi) is 4.52. The van der Waals surface area contributed by atoms with Gasteiger partial charge < -0.3 is 9.30 Å². The summed E-state index contributed by atoms with van der Waals surface area (Å²) in [7, 11) is 0. The van der Waals surface area contributed by atoms with Crippen molar-refractivity contribution in [3.8, 4) is 0 Å². The number of benzene rings is 1. The van der Waals surface area contributed by atoms with E-state index in [1.807, 2.05) is 0 Å². The molecule has 0 N–H and O–H groups in total. The molecule has 21 heavy (non-hydrogen) atoms. The summed E-state index contributed by atoms with van der Waals surface area (Å²) in [5, 5.41) is 0. The van der Waals surface area contributed by atoms with Crippen LogP contribution in [0.3, 0.4) is 0 Å². The summed E-state index contributed by atoms with van der Waals surface area (Å²) >= 11 is 0. The lowest BCUT2D eigenvalue weighted by Crippen LogP contribution is -2.22. The molecule has 0 aliphatic carbocycles. The van der Waals surface area contributed by atoms with Crippen molar-refractivity contribution in [3.05, 3.63) is 69.9 Å². The summed E-state index contributed by atoms with van der Waals surface area (Å²) in [5.74, 6) is -0.839. The first-order valence-corrected chi connectivity index (χ1v) is 6.61. The van der Waals surface area contributed by atoms with Crippen molar-refractivity contribution in [3.63, 3.8) is 0 Å². The lowest BCUT2D eigenvalue weighted by atomic mass is 10.2. The van der Waals surface area contributed by atoms with Crippen LogP contribution in [0.15, 0.2) is 47.4 Å². The fourth-order valence-electron chi connectivity index (χ4n) is 1.83. The predicted molar refractivity (Wildman–Crippen MR) is 76.8 cm³/mol. The fourth-order valence-corrected chi connectivity index (χ4v) is 1.83. The van der Waals surface area contributed by atoms with E-state index in [2.05, 4.69) is 0 Å². The molecule has 0 radical (unpaired) electrons. The number of hydrogen-bond acceptors (Lipinski definition) is 3. The summed E-state index contributed by atoms with van der Waals surface area (Å²) in [5.41, 5.74) is 0.720. The van der Waals surface area contributed by atoms with Crippen LogP contribution in [0.25, 0.3) is 0 Å². The van der Waals surface area contributed by atoms with Crippen LogP contribution in [0.2, 0.25) is 0 Å². The van der Waals surface area contributed by atoms with E-state index < -0.39 is 5.97 Å². The molecule has 0 unspecified atom stereocenters. The van der Waals surface area contributed by atoms with Gasteiger partial charge in [-0.25, -0.2) is 9.18 Å². The highest BCUT2D eigenvalue weighted by atomic mass is 19.1. The van der Waals surface area contributed by atoms with E-state index in [4.69, 9.17) is 4.74 Å². The summed E-state index contributed by atoms with van der Waals surface area (Å²) in [6.45, 7) is 3.81. The topological polar surface area (TPSA) is 48.3 Å². The smallest absolute Gasteiger partial charge is 0.338 e. The number of aromatic nitrogens is 1. The molecule has 2 aromatic rings. The maximum Gasteiger partial charge on any atom is 0.338 e. The quantitative estimate of drug-likeness (QED) is 0.813. The second-order valence-corrected chi connectivity index (χ2v) is 4.96. The van der Waals surface area contributed by atoms with E-state index in [-0.39, 0.29) is 23.0 Å². The molecule has 0 saturated heterocycles. The highest BCUT2D eigenvalue weighted by Gasteiger charge is 2.10. The van der Waals surface area contributed by atoms with E-state index in [1.165, 1.54) is 35.0 Å². The van der Waals surface area contributed by atoms with E-state index in [9.17, 15) is 14.0 Å². The first kappa shape index (κ1) is 15.0. The fraction of sp³-hybridized carbons (Fsp3) is 0.250. The highest BCUT2D eigenvalue weighted by molar-refractivity contribution is 5.89. The minimum Gasteiger partial charge on any atom is -0.459 e. The molecule has 0 amide bonds. The summed E-state index contributed by atoms with van der Waals surface area (Å²) in [4.78, 5) is 23.7. The maximum atomic E-state index is 12.8. The van der Waals surface area contributed by atoms with E-state index in [1.54, 1.807) is 26.0 Å². The SMILES string of the molecule is CC(C)OC(=O)c1ccn(Cc2ccc(F)cc2)c(=O)c1. The predicted octanol–water partition coefficient (Wildman–Crippen LogP) is 2.60. The van der Waals surface area contributed by atoms with Gasteiger partial charge in [-0.3, -0.25) is 4.79 Å². The van der Waals surface area contributed by atoms with Crippen molar-refractivity contribution >= 4 is 5.97 Å². The van der Waals surface area contributed by atoms with Gasteiger partial charge in [0.15, 0.2) is 0 Å². The Morgan fingerprint density at radius 2 is 1.90 bits per heavy atom. The molecule has 0 fully saturated rings. The molecule has 4 nitrogen and oxygen atoms in total. The van der Waals surface area contributed by atoms with Gasteiger partial charge in [-0.05, 0) is 37.6 Å². The number of pyridine rings is 1. The van der Waals surface area contributed by atoms with Gasteiger partial charge in [0, 0.05) is 12.3 Å². The number of ether oxygens (including phenoxy) is 1. The lowest BCUT2D eigenvalue weighted by Gasteiger charge is -2.09. The molecule has 110 valence electrons. The van der Waals surface area contributed by atoms with Crippen LogP contribution >= 0.6 is 0 Å². The molecular formula is C16H16FNO3. The molecule has 0 saturated carbocycles. The average molecular weight is 289 g/mol. The monoisotopic (exact) mass is 289 g/mol. The Labute approximate surface area is 121 Å². The molecule has 5 heteroatoms. The minimum absolute atomic E-state index is 0.226. The summed E-state index contributed by atoms with van der Waals surface area (Å²) in [6, 6.07) is 8.69. The third-order valence-electron chi connectivity index (χ3n) is 2.84. The zero-order valence-electron chi connectivity index (χ0n) is 11.9. The average Bonchev–Trinajstić information content (AvgIpc) is 2.42. The first-order valence-electron chi connectivity index (χ1n) is 6.61. The van der Waals surface area contributed by atoms with Crippen molar-refractivity contribution in [1.82, 2.24) is 4.57 Å². The van der Waals surface area contributed by atoms with Gasteiger partial charge >= 0.3 is 5.97 Å². The van der Waals surface area contributed by atoms with Crippen LogP contribution in [0.1, 0.15) is 29.8 Å². The molecule has 1 heterocycles. The zero-order chi connectivity index (χ0) is 15.4. The second-order valence-electron chi connectivity index (χ2n) is 4.96. The number of nitrogens with zero attached hydrogens (tertiary/aromatic N) is 1. The number of carbonyl (C=O) groups is 1. The van der Waals surface area contributed by atoms with Gasteiger partial charge in [-0.1, -0.05) is 12.1 Å². The van der Waals surface area contributed by atoms with E-state index in [0.717, 1.165) is 5.56 Å². The van der Waals surface area contributed by atoms with Crippen molar-refractivity contribution in [1.29, 1.82) is 0 Å². The van der Waals surface area contributed by atoms with Gasteiger partial charge in [0.1, 0.15) is 5.82 Å².